The van der Waals surface area contributed by atoms with Gasteiger partial charge in [-0.15, -0.1) is 0 Å². The van der Waals surface area contributed by atoms with Crippen LogP contribution < -0.4 is 11.1 Å². The van der Waals surface area contributed by atoms with Crippen LogP contribution in [-0.2, 0) is 11.2 Å². The molecule has 0 radical (unpaired) electrons. The minimum Gasteiger partial charge on any atom is -0.346 e. The number of rotatable bonds is 7. The maximum Gasteiger partial charge on any atom is 0.223 e. The van der Waals surface area contributed by atoms with Gasteiger partial charge in [-0.05, 0) is 54.5 Å². The van der Waals surface area contributed by atoms with Crippen LogP contribution in [0.2, 0.25) is 0 Å². The van der Waals surface area contributed by atoms with Crippen molar-refractivity contribution in [3.63, 3.8) is 0 Å². The van der Waals surface area contributed by atoms with Crippen molar-refractivity contribution in [1.82, 2.24) is 15.3 Å². The fraction of sp³-hybridized carbons (Fsp3) is 0.310. The number of H-pyrrole nitrogens is 1. The van der Waals surface area contributed by atoms with E-state index in [2.05, 4.69) is 52.8 Å². The molecule has 0 spiro atoms. The summed E-state index contributed by atoms with van der Waals surface area (Å²) in [5, 5.41) is 5.76. The van der Waals surface area contributed by atoms with Gasteiger partial charge in [0, 0.05) is 24.1 Å². The Kier molecular flexibility index (Phi) is 6.72. The number of hydrogen-bond donors (Lipinski definition) is 3. The van der Waals surface area contributed by atoms with Crippen molar-refractivity contribution in [3.05, 3.63) is 90.4 Å². The predicted octanol–water partition coefficient (Wildman–Crippen LogP) is 5.40. The molecule has 0 bridgehead atoms. The Bertz CT molecular complexity index is 1240. The molecule has 1 aromatic heterocycles. The number of carbonyl (C=O) groups is 1. The van der Waals surface area contributed by atoms with E-state index in [1.807, 2.05) is 36.5 Å². The van der Waals surface area contributed by atoms with Crippen LogP contribution >= 0.6 is 0 Å². The average Bonchev–Trinajstić information content (AvgIpc) is 3.39. The van der Waals surface area contributed by atoms with E-state index in [1.54, 1.807) is 0 Å². The summed E-state index contributed by atoms with van der Waals surface area (Å²) in [5.74, 6) is 1.50. The Balaban J connectivity index is 1.42. The molecule has 3 aromatic carbocycles. The first kappa shape index (κ1) is 22.4. The van der Waals surface area contributed by atoms with E-state index in [4.69, 9.17) is 10.7 Å². The summed E-state index contributed by atoms with van der Waals surface area (Å²) in [6.45, 7) is 0.715. The number of fused-ring (bicyclic) bond motifs is 1. The number of nitrogens with one attached hydrogen (secondary N) is 2. The number of hydrogen-bond acceptors (Lipinski definition) is 3. The zero-order chi connectivity index (χ0) is 23.3. The molecule has 0 unspecified atom stereocenters. The third-order valence-electron chi connectivity index (χ3n) is 7.17. The quantitative estimate of drug-likeness (QED) is 0.351. The van der Waals surface area contributed by atoms with E-state index in [0.717, 1.165) is 42.8 Å². The third-order valence-corrected chi connectivity index (χ3v) is 7.17. The minimum absolute atomic E-state index is 0.0429. The van der Waals surface area contributed by atoms with E-state index >= 15 is 0 Å². The maximum absolute atomic E-state index is 13.3. The first-order valence-corrected chi connectivity index (χ1v) is 12.3. The molecule has 34 heavy (non-hydrogen) atoms. The van der Waals surface area contributed by atoms with E-state index < -0.39 is 0 Å². The SMILES string of the molecule is NC[C@H]1CC[C@H](C(=O)N[C@@H](Cc2cccc3ccccc23)c2nc(-c3ccccc3)c[nH]2)CC1. The predicted molar refractivity (Wildman–Crippen MR) is 137 cm³/mol. The molecule has 1 fully saturated rings. The molecule has 5 heteroatoms. The van der Waals surface area contributed by atoms with Gasteiger partial charge in [-0.1, -0.05) is 72.8 Å². The Morgan fingerprint density at radius 1 is 0.971 bits per heavy atom. The smallest absolute Gasteiger partial charge is 0.223 e. The van der Waals surface area contributed by atoms with Crippen LogP contribution in [0.5, 0.6) is 0 Å². The Morgan fingerprint density at radius 2 is 1.71 bits per heavy atom. The number of aromatic amines is 1. The molecule has 174 valence electrons. The molecular weight excluding hydrogens is 420 g/mol. The maximum atomic E-state index is 13.3. The van der Waals surface area contributed by atoms with Gasteiger partial charge in [0.25, 0.3) is 0 Å². The van der Waals surface area contributed by atoms with Crippen molar-refractivity contribution in [2.24, 2.45) is 17.6 Å². The molecule has 1 heterocycles. The van der Waals surface area contributed by atoms with Gasteiger partial charge in [-0.25, -0.2) is 4.98 Å². The zero-order valence-electron chi connectivity index (χ0n) is 19.4. The van der Waals surface area contributed by atoms with Gasteiger partial charge in [0.15, 0.2) is 0 Å². The molecule has 5 nitrogen and oxygen atoms in total. The summed E-state index contributed by atoms with van der Waals surface area (Å²) in [6.07, 6.45) is 6.47. The Labute approximate surface area is 200 Å². The van der Waals surface area contributed by atoms with Gasteiger partial charge >= 0.3 is 0 Å². The number of benzene rings is 3. The van der Waals surface area contributed by atoms with Crippen molar-refractivity contribution >= 4 is 16.7 Å². The standard InChI is InChI=1S/C29H32N4O/c30-18-20-13-15-23(16-14-20)29(34)33-26(17-24-11-6-10-21-7-4-5-12-25(21)24)28-31-19-27(32-28)22-8-2-1-3-9-22/h1-12,19-20,23,26H,13-18,30H2,(H,31,32)(H,33,34)/t20-,23-,26-/m0/s1. The van der Waals surface area contributed by atoms with Crippen LogP contribution in [0.15, 0.2) is 79.0 Å². The van der Waals surface area contributed by atoms with E-state index in [0.29, 0.717) is 18.9 Å². The van der Waals surface area contributed by atoms with Crippen molar-refractivity contribution in [1.29, 1.82) is 0 Å². The first-order valence-electron chi connectivity index (χ1n) is 12.3. The van der Waals surface area contributed by atoms with Gasteiger partial charge < -0.3 is 16.0 Å². The summed E-state index contributed by atoms with van der Waals surface area (Å²) in [4.78, 5) is 21.6. The average molecular weight is 453 g/mol. The van der Waals surface area contributed by atoms with E-state index in [1.165, 1.54) is 16.3 Å². The van der Waals surface area contributed by atoms with Crippen LogP contribution in [0, 0.1) is 11.8 Å². The number of imidazole rings is 1. The number of carbonyl (C=O) groups excluding carboxylic acids is 1. The molecular formula is C29H32N4O. The van der Waals surface area contributed by atoms with Crippen LogP contribution in [0.25, 0.3) is 22.0 Å². The minimum atomic E-state index is -0.233. The molecule has 1 atom stereocenters. The number of aromatic nitrogens is 2. The lowest BCUT2D eigenvalue weighted by Gasteiger charge is -2.28. The lowest BCUT2D eigenvalue weighted by Crippen LogP contribution is -2.37. The topological polar surface area (TPSA) is 83.8 Å². The number of nitrogens with two attached hydrogens (primary N) is 1. The van der Waals surface area contributed by atoms with Crippen molar-refractivity contribution in [3.8, 4) is 11.3 Å². The van der Waals surface area contributed by atoms with Crippen molar-refractivity contribution in [2.45, 2.75) is 38.1 Å². The van der Waals surface area contributed by atoms with Crippen molar-refractivity contribution in [2.75, 3.05) is 6.54 Å². The van der Waals surface area contributed by atoms with E-state index in [9.17, 15) is 4.79 Å². The third kappa shape index (κ3) is 4.90. The summed E-state index contributed by atoms with van der Waals surface area (Å²) in [5.41, 5.74) is 8.99. The van der Waals surface area contributed by atoms with Crippen molar-refractivity contribution < 1.29 is 4.79 Å². The molecule has 1 saturated carbocycles. The molecule has 4 aromatic rings. The number of nitrogens with zero attached hydrogens (tertiary/aromatic N) is 1. The van der Waals surface area contributed by atoms with Crippen LogP contribution in [0.4, 0.5) is 0 Å². The zero-order valence-corrected chi connectivity index (χ0v) is 19.4. The van der Waals surface area contributed by atoms with Gasteiger partial charge in [0.1, 0.15) is 5.82 Å². The molecule has 0 aliphatic heterocycles. The molecule has 1 aliphatic rings. The lowest BCUT2D eigenvalue weighted by molar-refractivity contribution is -0.127. The summed E-state index contributed by atoms with van der Waals surface area (Å²) in [6, 6.07) is 24.6. The highest BCUT2D eigenvalue weighted by molar-refractivity contribution is 5.86. The molecule has 4 N–H and O–H groups in total. The second-order valence-corrected chi connectivity index (χ2v) is 9.39. The summed E-state index contributed by atoms with van der Waals surface area (Å²) >= 11 is 0. The van der Waals surface area contributed by atoms with Gasteiger partial charge in [-0.3, -0.25) is 4.79 Å². The summed E-state index contributed by atoms with van der Waals surface area (Å²) in [7, 11) is 0. The van der Waals surface area contributed by atoms with Gasteiger partial charge in [0.2, 0.25) is 5.91 Å². The molecule has 5 rings (SSSR count). The highest BCUT2D eigenvalue weighted by atomic mass is 16.1. The highest BCUT2D eigenvalue weighted by Gasteiger charge is 2.28. The van der Waals surface area contributed by atoms with E-state index in [-0.39, 0.29) is 17.9 Å². The molecule has 1 aliphatic carbocycles. The Hall–Kier alpha value is -3.44. The molecule has 1 amide bonds. The fourth-order valence-electron chi connectivity index (χ4n) is 5.13. The largest absolute Gasteiger partial charge is 0.346 e. The van der Waals surface area contributed by atoms with Crippen LogP contribution in [0.3, 0.4) is 0 Å². The van der Waals surface area contributed by atoms with Crippen LogP contribution in [-0.4, -0.2) is 22.4 Å². The summed E-state index contributed by atoms with van der Waals surface area (Å²) < 4.78 is 0. The van der Waals surface area contributed by atoms with Crippen LogP contribution in [0.1, 0.15) is 43.1 Å². The Morgan fingerprint density at radius 3 is 2.50 bits per heavy atom. The van der Waals surface area contributed by atoms with Gasteiger partial charge in [-0.2, -0.15) is 0 Å². The van der Waals surface area contributed by atoms with Gasteiger partial charge in [0.05, 0.1) is 11.7 Å². The molecule has 0 saturated heterocycles. The monoisotopic (exact) mass is 452 g/mol. The lowest BCUT2D eigenvalue weighted by atomic mass is 9.81. The highest BCUT2D eigenvalue weighted by Crippen LogP contribution is 2.30. The normalized spacial score (nSPS) is 19.1. The second-order valence-electron chi connectivity index (χ2n) is 9.39. The number of amides is 1. The fourth-order valence-corrected chi connectivity index (χ4v) is 5.13. The second kappa shape index (κ2) is 10.2. The first-order chi connectivity index (χ1) is 16.7.